The maximum Gasteiger partial charge on any atom is 0.248 e. The molecule has 0 bridgehead atoms. The van der Waals surface area contributed by atoms with Crippen LogP contribution in [0.2, 0.25) is 0 Å². The molecule has 0 aliphatic heterocycles. The van der Waals surface area contributed by atoms with Gasteiger partial charge in [0.2, 0.25) is 17.7 Å². The van der Waals surface area contributed by atoms with Gasteiger partial charge in [-0.25, -0.2) is 0 Å². The summed E-state index contributed by atoms with van der Waals surface area (Å²) in [7, 11) is 1.86. The Balaban J connectivity index is 1.70. The minimum absolute atomic E-state index is 0.0792. The molecule has 1 aromatic carbocycles. The van der Waals surface area contributed by atoms with Crippen LogP contribution in [-0.4, -0.2) is 47.2 Å². The number of rotatable bonds is 7. The predicted octanol–water partition coefficient (Wildman–Crippen LogP) is 2.25. The molecule has 0 saturated heterocycles. The van der Waals surface area contributed by atoms with E-state index in [0.717, 1.165) is 12.8 Å². The van der Waals surface area contributed by atoms with Gasteiger partial charge in [-0.15, -0.1) is 11.8 Å². The molecule has 25 heavy (non-hydrogen) atoms. The number of nitrogens with one attached hydrogen (secondary N) is 1. The summed E-state index contributed by atoms with van der Waals surface area (Å²) in [6.07, 6.45) is 5.79. The van der Waals surface area contributed by atoms with Gasteiger partial charge in [0.05, 0.1) is 11.5 Å². The fraction of sp³-hybridized carbons (Fsp3) is 0.500. The lowest BCUT2D eigenvalue weighted by molar-refractivity contribution is -0.129. The number of primary amides is 1. The zero-order valence-corrected chi connectivity index (χ0v) is 15.3. The predicted molar refractivity (Wildman–Crippen MR) is 101 cm³/mol. The molecular weight excluding hydrogens is 338 g/mol. The lowest BCUT2D eigenvalue weighted by Crippen LogP contribution is -2.39. The van der Waals surface area contributed by atoms with Crippen molar-refractivity contribution in [3.8, 4) is 0 Å². The monoisotopic (exact) mass is 363 g/mol. The minimum atomic E-state index is -0.506. The first-order valence-corrected chi connectivity index (χ1v) is 9.66. The molecule has 1 aromatic rings. The van der Waals surface area contributed by atoms with Crippen molar-refractivity contribution in [3.63, 3.8) is 0 Å². The summed E-state index contributed by atoms with van der Waals surface area (Å²) in [5.41, 5.74) is 6.16. The number of anilines is 1. The number of carbonyl (C=O) groups excluding carboxylic acids is 3. The highest BCUT2D eigenvalue weighted by Gasteiger charge is 2.21. The topological polar surface area (TPSA) is 92.5 Å². The smallest absolute Gasteiger partial charge is 0.248 e. The van der Waals surface area contributed by atoms with E-state index < -0.39 is 5.91 Å². The molecule has 1 saturated carbocycles. The summed E-state index contributed by atoms with van der Waals surface area (Å²) in [5, 5.41) is 2.74. The molecule has 3 amide bonds. The number of amides is 3. The Hall–Kier alpha value is -2.02. The minimum Gasteiger partial charge on any atom is -0.366 e. The fourth-order valence-electron chi connectivity index (χ4n) is 2.92. The molecule has 0 aromatic heterocycles. The number of nitrogens with two attached hydrogens (primary N) is 1. The molecule has 1 aliphatic rings. The van der Waals surface area contributed by atoms with Crippen LogP contribution in [0.25, 0.3) is 0 Å². The van der Waals surface area contributed by atoms with Crippen LogP contribution in [0.3, 0.4) is 0 Å². The third-order valence-corrected chi connectivity index (χ3v) is 5.35. The molecule has 7 heteroatoms. The van der Waals surface area contributed by atoms with Crippen molar-refractivity contribution < 1.29 is 14.4 Å². The second-order valence-electron chi connectivity index (χ2n) is 6.28. The Bertz CT molecular complexity index is 612. The first-order valence-electron chi connectivity index (χ1n) is 8.50. The van der Waals surface area contributed by atoms with Crippen LogP contribution in [0.4, 0.5) is 5.69 Å². The van der Waals surface area contributed by atoms with Gasteiger partial charge in [-0.05, 0) is 37.1 Å². The normalized spacial score (nSPS) is 14.8. The summed E-state index contributed by atoms with van der Waals surface area (Å²) in [4.78, 5) is 37.0. The third-order valence-electron chi connectivity index (χ3n) is 4.43. The second-order valence-corrected chi connectivity index (χ2v) is 7.26. The summed E-state index contributed by atoms with van der Waals surface area (Å²) < 4.78 is 0. The van der Waals surface area contributed by atoms with Crippen molar-refractivity contribution >= 4 is 35.2 Å². The van der Waals surface area contributed by atoms with Crippen LogP contribution in [-0.2, 0) is 9.59 Å². The Morgan fingerprint density at radius 1 is 1.12 bits per heavy atom. The largest absolute Gasteiger partial charge is 0.366 e. The lowest BCUT2D eigenvalue weighted by Gasteiger charge is -2.31. The molecule has 0 atom stereocenters. The number of benzene rings is 1. The summed E-state index contributed by atoms with van der Waals surface area (Å²) in [5.74, 6) is -0.0856. The highest BCUT2D eigenvalue weighted by molar-refractivity contribution is 8.00. The molecule has 0 radical (unpaired) electrons. The van der Waals surface area contributed by atoms with Gasteiger partial charge in [0.1, 0.15) is 0 Å². The molecule has 0 spiro atoms. The van der Waals surface area contributed by atoms with Gasteiger partial charge in [-0.1, -0.05) is 19.3 Å². The Morgan fingerprint density at radius 2 is 1.76 bits per heavy atom. The average molecular weight is 363 g/mol. The molecule has 0 unspecified atom stereocenters. The molecule has 3 N–H and O–H groups in total. The van der Waals surface area contributed by atoms with Gasteiger partial charge < -0.3 is 16.0 Å². The maximum absolute atomic E-state index is 12.2. The Labute approximate surface area is 152 Å². The lowest BCUT2D eigenvalue weighted by atomic mass is 9.94. The van der Waals surface area contributed by atoms with E-state index in [1.807, 2.05) is 11.9 Å². The zero-order chi connectivity index (χ0) is 18.2. The molecule has 6 nitrogen and oxygen atoms in total. The SMILES string of the molecule is CN(C(=O)CSCC(=O)Nc1ccc(C(N)=O)cc1)C1CCCCC1. The first-order chi connectivity index (χ1) is 12.0. The van der Waals surface area contributed by atoms with Gasteiger partial charge in [0.25, 0.3) is 0 Å². The summed E-state index contributed by atoms with van der Waals surface area (Å²) in [6, 6.07) is 6.73. The number of nitrogens with zero attached hydrogens (tertiary/aromatic N) is 1. The number of carbonyl (C=O) groups is 3. The van der Waals surface area contributed by atoms with E-state index in [9.17, 15) is 14.4 Å². The van der Waals surface area contributed by atoms with E-state index >= 15 is 0 Å². The van der Waals surface area contributed by atoms with Crippen molar-refractivity contribution in [2.75, 3.05) is 23.9 Å². The molecule has 1 aliphatic carbocycles. The van der Waals surface area contributed by atoms with Crippen LogP contribution < -0.4 is 11.1 Å². The van der Waals surface area contributed by atoms with Crippen molar-refractivity contribution in [2.45, 2.75) is 38.1 Å². The average Bonchev–Trinajstić information content (AvgIpc) is 2.62. The van der Waals surface area contributed by atoms with Crippen LogP contribution >= 0.6 is 11.8 Å². The quantitative estimate of drug-likeness (QED) is 0.777. The van der Waals surface area contributed by atoms with Crippen molar-refractivity contribution in [3.05, 3.63) is 29.8 Å². The van der Waals surface area contributed by atoms with Gasteiger partial charge in [-0.3, -0.25) is 14.4 Å². The van der Waals surface area contributed by atoms with Crippen molar-refractivity contribution in [1.82, 2.24) is 4.90 Å². The van der Waals surface area contributed by atoms with Crippen LogP contribution in [0.1, 0.15) is 42.5 Å². The van der Waals surface area contributed by atoms with Crippen LogP contribution in [0, 0.1) is 0 Å². The zero-order valence-electron chi connectivity index (χ0n) is 14.5. The standard InChI is InChI=1S/C18H25N3O3S/c1-21(15-5-3-2-4-6-15)17(23)12-25-11-16(22)20-14-9-7-13(8-10-14)18(19)24/h7-10,15H,2-6,11-12H2,1H3,(H2,19,24)(H,20,22). The van der Waals surface area contributed by atoms with Gasteiger partial charge in [0.15, 0.2) is 0 Å². The second kappa shape index (κ2) is 9.46. The van der Waals surface area contributed by atoms with Crippen molar-refractivity contribution in [1.29, 1.82) is 0 Å². The van der Waals surface area contributed by atoms with E-state index in [4.69, 9.17) is 5.73 Å². The first kappa shape index (κ1) is 19.3. The highest BCUT2D eigenvalue weighted by Crippen LogP contribution is 2.22. The van der Waals surface area contributed by atoms with Crippen LogP contribution in [0.5, 0.6) is 0 Å². The summed E-state index contributed by atoms with van der Waals surface area (Å²) >= 11 is 1.31. The van der Waals surface area contributed by atoms with Gasteiger partial charge in [-0.2, -0.15) is 0 Å². The Kier molecular flexibility index (Phi) is 7.31. The van der Waals surface area contributed by atoms with E-state index in [-0.39, 0.29) is 17.6 Å². The van der Waals surface area contributed by atoms with Gasteiger partial charge >= 0.3 is 0 Å². The van der Waals surface area contributed by atoms with E-state index in [1.165, 1.54) is 31.0 Å². The van der Waals surface area contributed by atoms with E-state index in [2.05, 4.69) is 5.32 Å². The van der Waals surface area contributed by atoms with E-state index in [0.29, 0.717) is 23.0 Å². The summed E-state index contributed by atoms with van der Waals surface area (Å²) in [6.45, 7) is 0. The Morgan fingerprint density at radius 3 is 2.36 bits per heavy atom. The van der Waals surface area contributed by atoms with Crippen molar-refractivity contribution in [2.24, 2.45) is 5.73 Å². The molecule has 2 rings (SSSR count). The molecule has 0 heterocycles. The third kappa shape index (κ3) is 6.08. The van der Waals surface area contributed by atoms with Gasteiger partial charge in [0, 0.05) is 24.3 Å². The maximum atomic E-state index is 12.2. The number of thioether (sulfide) groups is 1. The van der Waals surface area contributed by atoms with Crippen LogP contribution in [0.15, 0.2) is 24.3 Å². The molecular formula is C18H25N3O3S. The molecule has 136 valence electrons. The highest BCUT2D eigenvalue weighted by atomic mass is 32.2. The molecule has 1 fully saturated rings. The fourth-order valence-corrected chi connectivity index (χ4v) is 3.66. The van der Waals surface area contributed by atoms with E-state index in [1.54, 1.807) is 24.3 Å². The number of hydrogen-bond donors (Lipinski definition) is 2. The number of hydrogen-bond acceptors (Lipinski definition) is 4.